The summed E-state index contributed by atoms with van der Waals surface area (Å²) in [6.45, 7) is -0.0727. The lowest BCUT2D eigenvalue weighted by atomic mass is 10.2. The van der Waals surface area contributed by atoms with Crippen molar-refractivity contribution in [2.45, 2.75) is 0 Å². The maximum atomic E-state index is 11.4. The minimum absolute atomic E-state index is 0.0727. The van der Waals surface area contributed by atoms with Gasteiger partial charge in [0.1, 0.15) is 0 Å². The van der Waals surface area contributed by atoms with E-state index in [0.717, 1.165) is 0 Å². The lowest BCUT2D eigenvalue weighted by Gasteiger charge is -2.02. The van der Waals surface area contributed by atoms with E-state index in [4.69, 9.17) is 0 Å². The summed E-state index contributed by atoms with van der Waals surface area (Å²) >= 11 is 0. The van der Waals surface area contributed by atoms with E-state index < -0.39 is 6.09 Å². The molecular formula is C9H10N2O3. The van der Waals surface area contributed by atoms with Crippen LogP contribution in [0.25, 0.3) is 0 Å². The second-order valence-corrected chi connectivity index (χ2v) is 2.50. The average molecular weight is 194 g/mol. The first-order valence-corrected chi connectivity index (χ1v) is 3.99. The van der Waals surface area contributed by atoms with Crippen LogP contribution in [0.1, 0.15) is 10.4 Å². The normalized spacial score (nSPS) is 9.21. The predicted octanol–water partition coefficient (Wildman–Crippen LogP) is 0.620. The van der Waals surface area contributed by atoms with Crippen LogP contribution < -0.4 is 5.32 Å². The van der Waals surface area contributed by atoms with E-state index in [0.29, 0.717) is 5.56 Å². The molecule has 0 aliphatic heterocycles. The van der Waals surface area contributed by atoms with Crippen LogP contribution in [0.2, 0.25) is 0 Å². The molecule has 1 amide bonds. The molecule has 0 aliphatic carbocycles. The van der Waals surface area contributed by atoms with Crippen LogP contribution in [0.15, 0.2) is 24.5 Å². The monoisotopic (exact) mass is 194 g/mol. The maximum absolute atomic E-state index is 11.4. The van der Waals surface area contributed by atoms with Crippen molar-refractivity contribution < 1.29 is 14.3 Å². The SMILES string of the molecule is COC(=O)NCC(=O)c1ccncc1. The van der Waals surface area contributed by atoms with Gasteiger partial charge in [-0.3, -0.25) is 9.78 Å². The number of carbonyl (C=O) groups is 2. The van der Waals surface area contributed by atoms with Gasteiger partial charge in [-0.05, 0) is 12.1 Å². The fourth-order valence-electron chi connectivity index (χ4n) is 0.864. The van der Waals surface area contributed by atoms with Crippen LogP contribution in [0, 0.1) is 0 Å². The van der Waals surface area contributed by atoms with E-state index in [1.54, 1.807) is 12.1 Å². The van der Waals surface area contributed by atoms with Crippen molar-refractivity contribution in [3.8, 4) is 0 Å². The second kappa shape index (κ2) is 4.96. The van der Waals surface area contributed by atoms with Gasteiger partial charge in [0.05, 0.1) is 13.7 Å². The number of alkyl carbamates (subject to hydrolysis) is 1. The van der Waals surface area contributed by atoms with Crippen LogP contribution in [0.4, 0.5) is 4.79 Å². The number of hydrogen-bond acceptors (Lipinski definition) is 4. The van der Waals surface area contributed by atoms with Gasteiger partial charge in [0, 0.05) is 18.0 Å². The van der Waals surface area contributed by atoms with Gasteiger partial charge in [-0.25, -0.2) is 4.79 Å². The number of ketones is 1. The third-order valence-corrected chi connectivity index (χ3v) is 1.58. The highest BCUT2D eigenvalue weighted by molar-refractivity contribution is 5.98. The van der Waals surface area contributed by atoms with Gasteiger partial charge in [0.2, 0.25) is 0 Å². The lowest BCUT2D eigenvalue weighted by Crippen LogP contribution is -2.29. The number of rotatable bonds is 3. The molecule has 0 bridgehead atoms. The largest absolute Gasteiger partial charge is 0.453 e. The van der Waals surface area contributed by atoms with Crippen LogP contribution >= 0.6 is 0 Å². The third-order valence-electron chi connectivity index (χ3n) is 1.58. The molecular weight excluding hydrogens is 184 g/mol. The number of Topliss-reactive ketones (excluding diaryl/α,β-unsaturated/α-hetero) is 1. The van der Waals surface area contributed by atoms with E-state index in [2.05, 4.69) is 15.0 Å². The Kier molecular flexibility index (Phi) is 3.60. The Labute approximate surface area is 81.1 Å². The Morgan fingerprint density at radius 1 is 1.43 bits per heavy atom. The average Bonchev–Trinajstić information content (AvgIpc) is 2.26. The highest BCUT2D eigenvalue weighted by Crippen LogP contribution is 1.96. The van der Waals surface area contributed by atoms with Gasteiger partial charge in [-0.1, -0.05) is 0 Å². The van der Waals surface area contributed by atoms with Gasteiger partial charge in [-0.2, -0.15) is 0 Å². The van der Waals surface area contributed by atoms with Crippen LogP contribution in [-0.2, 0) is 4.74 Å². The summed E-state index contributed by atoms with van der Waals surface area (Å²) in [6, 6.07) is 3.17. The molecule has 5 nitrogen and oxygen atoms in total. The first-order chi connectivity index (χ1) is 6.74. The topological polar surface area (TPSA) is 68.3 Å². The zero-order valence-electron chi connectivity index (χ0n) is 7.69. The Bertz CT molecular complexity index is 324. The Balaban J connectivity index is 2.48. The molecule has 0 saturated carbocycles. The number of carbonyl (C=O) groups excluding carboxylic acids is 2. The van der Waals surface area contributed by atoms with Gasteiger partial charge >= 0.3 is 6.09 Å². The molecule has 0 aliphatic rings. The molecule has 14 heavy (non-hydrogen) atoms. The van der Waals surface area contributed by atoms with E-state index >= 15 is 0 Å². The minimum Gasteiger partial charge on any atom is -0.453 e. The van der Waals surface area contributed by atoms with Crippen LogP contribution in [-0.4, -0.2) is 30.5 Å². The molecule has 1 N–H and O–H groups in total. The lowest BCUT2D eigenvalue weighted by molar-refractivity contribution is 0.0983. The number of nitrogens with one attached hydrogen (secondary N) is 1. The van der Waals surface area contributed by atoms with E-state index in [1.807, 2.05) is 0 Å². The minimum atomic E-state index is -0.618. The standard InChI is InChI=1S/C9H10N2O3/c1-14-9(13)11-6-8(12)7-2-4-10-5-3-7/h2-5H,6H2,1H3,(H,11,13). The molecule has 74 valence electrons. The molecule has 1 rings (SSSR count). The first kappa shape index (κ1) is 10.2. The molecule has 0 spiro atoms. The molecule has 0 atom stereocenters. The third kappa shape index (κ3) is 2.85. The highest BCUT2D eigenvalue weighted by atomic mass is 16.5. The Hall–Kier alpha value is -1.91. The Morgan fingerprint density at radius 3 is 2.64 bits per heavy atom. The van der Waals surface area contributed by atoms with Crippen molar-refractivity contribution in [2.75, 3.05) is 13.7 Å². The fraction of sp³-hybridized carbons (Fsp3) is 0.222. The number of aromatic nitrogens is 1. The second-order valence-electron chi connectivity index (χ2n) is 2.50. The Morgan fingerprint density at radius 2 is 2.07 bits per heavy atom. The molecule has 0 aromatic carbocycles. The molecule has 1 heterocycles. The van der Waals surface area contributed by atoms with Gasteiger partial charge in [0.25, 0.3) is 0 Å². The summed E-state index contributed by atoms with van der Waals surface area (Å²) in [5, 5.41) is 2.30. The molecule has 5 heteroatoms. The van der Waals surface area contributed by atoms with E-state index in [1.165, 1.54) is 19.5 Å². The fourth-order valence-corrected chi connectivity index (χ4v) is 0.864. The molecule has 0 saturated heterocycles. The van der Waals surface area contributed by atoms with E-state index in [9.17, 15) is 9.59 Å². The molecule has 0 fully saturated rings. The summed E-state index contributed by atoms with van der Waals surface area (Å²) < 4.78 is 4.32. The first-order valence-electron chi connectivity index (χ1n) is 3.99. The van der Waals surface area contributed by atoms with Crippen LogP contribution in [0.5, 0.6) is 0 Å². The quantitative estimate of drug-likeness (QED) is 0.716. The smallest absolute Gasteiger partial charge is 0.407 e. The molecule has 1 aromatic heterocycles. The number of amides is 1. The van der Waals surface area contributed by atoms with E-state index in [-0.39, 0.29) is 12.3 Å². The van der Waals surface area contributed by atoms with Crippen molar-refractivity contribution in [3.05, 3.63) is 30.1 Å². The van der Waals surface area contributed by atoms with Crippen molar-refractivity contribution in [1.82, 2.24) is 10.3 Å². The van der Waals surface area contributed by atoms with Crippen LogP contribution in [0.3, 0.4) is 0 Å². The van der Waals surface area contributed by atoms with Gasteiger partial charge in [-0.15, -0.1) is 0 Å². The number of hydrogen-bond donors (Lipinski definition) is 1. The number of nitrogens with zero attached hydrogens (tertiary/aromatic N) is 1. The zero-order valence-corrected chi connectivity index (χ0v) is 7.69. The van der Waals surface area contributed by atoms with Crippen molar-refractivity contribution in [1.29, 1.82) is 0 Å². The zero-order chi connectivity index (χ0) is 10.4. The van der Waals surface area contributed by atoms with Crippen molar-refractivity contribution in [2.24, 2.45) is 0 Å². The summed E-state index contributed by atoms with van der Waals surface area (Å²) in [5.41, 5.74) is 0.511. The summed E-state index contributed by atoms with van der Waals surface area (Å²) in [4.78, 5) is 25.8. The molecule has 0 unspecified atom stereocenters. The summed E-state index contributed by atoms with van der Waals surface area (Å²) in [6.07, 6.45) is 2.42. The summed E-state index contributed by atoms with van der Waals surface area (Å²) in [5.74, 6) is -0.183. The molecule has 1 aromatic rings. The summed E-state index contributed by atoms with van der Waals surface area (Å²) in [7, 11) is 1.24. The van der Waals surface area contributed by atoms with Crippen molar-refractivity contribution >= 4 is 11.9 Å². The number of ether oxygens (including phenoxy) is 1. The number of methoxy groups -OCH3 is 1. The predicted molar refractivity (Wildman–Crippen MR) is 49.0 cm³/mol. The highest BCUT2D eigenvalue weighted by Gasteiger charge is 2.06. The van der Waals surface area contributed by atoms with Gasteiger partial charge < -0.3 is 10.1 Å². The van der Waals surface area contributed by atoms with Crippen molar-refractivity contribution in [3.63, 3.8) is 0 Å². The maximum Gasteiger partial charge on any atom is 0.407 e. The number of pyridine rings is 1. The van der Waals surface area contributed by atoms with Gasteiger partial charge in [0.15, 0.2) is 5.78 Å². The molecule has 0 radical (unpaired) electrons.